The predicted molar refractivity (Wildman–Crippen MR) is 65.2 cm³/mol. The molecule has 1 atom stereocenters. The van der Waals surface area contributed by atoms with Crippen molar-refractivity contribution in [1.82, 2.24) is 4.90 Å². The number of carbonyl (C=O) groups is 1. The fraction of sp³-hybridized carbons (Fsp3) is 0.417. The molecule has 0 radical (unpaired) electrons. The number of likely N-dealkylation sites (tertiary alicyclic amines) is 1. The first-order valence-corrected chi connectivity index (χ1v) is 6.16. The predicted octanol–water partition coefficient (Wildman–Crippen LogP) is 2.19. The van der Waals surface area contributed by atoms with E-state index < -0.39 is 11.4 Å². The lowest BCUT2D eigenvalue weighted by molar-refractivity contribution is 0.0569. The third kappa shape index (κ3) is 2.50. The van der Waals surface area contributed by atoms with Crippen molar-refractivity contribution in [2.24, 2.45) is 0 Å². The number of hydrogen-bond acceptors (Lipinski definition) is 2. The number of β-amino-alcohol motifs (C(OH)–C–C–N with tert-alkyl or cyclic N) is 1. The summed E-state index contributed by atoms with van der Waals surface area (Å²) in [7, 11) is 0. The second-order valence-electron chi connectivity index (χ2n) is 4.57. The molecule has 5 heteroatoms. The lowest BCUT2D eigenvalue weighted by Crippen LogP contribution is -2.34. The van der Waals surface area contributed by atoms with Gasteiger partial charge in [-0.05, 0) is 41.4 Å². The van der Waals surface area contributed by atoms with Gasteiger partial charge in [-0.1, -0.05) is 6.07 Å². The summed E-state index contributed by atoms with van der Waals surface area (Å²) in [4.78, 5) is 13.6. The van der Waals surface area contributed by atoms with Crippen molar-refractivity contribution < 1.29 is 14.3 Å². The molecule has 0 saturated carbocycles. The van der Waals surface area contributed by atoms with Gasteiger partial charge < -0.3 is 10.0 Å². The minimum absolute atomic E-state index is 0.0326. The largest absolute Gasteiger partial charge is 0.388 e. The third-order valence-electron chi connectivity index (χ3n) is 2.92. The van der Waals surface area contributed by atoms with Crippen molar-refractivity contribution in [2.45, 2.75) is 18.9 Å². The van der Waals surface area contributed by atoms with Crippen LogP contribution in [-0.4, -0.2) is 34.6 Å². The average molecular weight is 302 g/mol. The summed E-state index contributed by atoms with van der Waals surface area (Å²) in [6.07, 6.45) is 0.519. The highest BCUT2D eigenvalue weighted by Gasteiger charge is 2.35. The molecule has 1 aliphatic heterocycles. The van der Waals surface area contributed by atoms with Crippen molar-refractivity contribution in [3.05, 3.63) is 34.1 Å². The zero-order valence-electron chi connectivity index (χ0n) is 9.41. The number of nitrogens with zero attached hydrogens (tertiary/aromatic N) is 1. The molecule has 0 bridgehead atoms. The second-order valence-corrected chi connectivity index (χ2v) is 5.42. The monoisotopic (exact) mass is 301 g/mol. The Hall–Kier alpha value is -0.940. The molecule has 3 nitrogen and oxygen atoms in total. The SMILES string of the molecule is CC1(O)CCN(C(=O)c2c(F)cccc2Br)C1. The Morgan fingerprint density at radius 2 is 2.29 bits per heavy atom. The highest BCUT2D eigenvalue weighted by Crippen LogP contribution is 2.26. The number of carbonyl (C=O) groups excluding carboxylic acids is 1. The number of halogens is 2. The van der Waals surface area contributed by atoms with Crippen LogP contribution in [0.2, 0.25) is 0 Å². The van der Waals surface area contributed by atoms with Gasteiger partial charge in [0.15, 0.2) is 0 Å². The molecule has 1 aliphatic rings. The van der Waals surface area contributed by atoms with Crippen LogP contribution in [0.25, 0.3) is 0 Å². The second kappa shape index (κ2) is 4.38. The Morgan fingerprint density at radius 3 is 2.82 bits per heavy atom. The van der Waals surface area contributed by atoms with Gasteiger partial charge in [0.1, 0.15) is 5.82 Å². The van der Waals surface area contributed by atoms with E-state index >= 15 is 0 Å². The van der Waals surface area contributed by atoms with Crippen LogP contribution in [0.3, 0.4) is 0 Å². The summed E-state index contributed by atoms with van der Waals surface area (Å²) in [5.41, 5.74) is -0.835. The molecule has 1 fully saturated rings. The average Bonchev–Trinajstić information content (AvgIpc) is 2.58. The lowest BCUT2D eigenvalue weighted by atomic mass is 10.1. The molecule has 1 heterocycles. The maximum absolute atomic E-state index is 13.6. The van der Waals surface area contributed by atoms with Crippen LogP contribution in [-0.2, 0) is 0 Å². The molecular weight excluding hydrogens is 289 g/mol. The van der Waals surface area contributed by atoms with Gasteiger partial charge in [-0.3, -0.25) is 4.79 Å². The Kier molecular flexibility index (Phi) is 3.23. The van der Waals surface area contributed by atoms with Crippen molar-refractivity contribution in [1.29, 1.82) is 0 Å². The Balaban J connectivity index is 2.27. The molecule has 1 aromatic carbocycles. The van der Waals surface area contributed by atoms with Gasteiger partial charge in [0.25, 0.3) is 5.91 Å². The van der Waals surface area contributed by atoms with Crippen LogP contribution in [0.5, 0.6) is 0 Å². The first kappa shape index (κ1) is 12.5. The van der Waals surface area contributed by atoms with E-state index in [9.17, 15) is 14.3 Å². The Morgan fingerprint density at radius 1 is 1.59 bits per heavy atom. The molecule has 17 heavy (non-hydrogen) atoms. The van der Waals surface area contributed by atoms with Gasteiger partial charge in [0.05, 0.1) is 11.2 Å². The number of aliphatic hydroxyl groups is 1. The Labute approximate surface area is 107 Å². The van der Waals surface area contributed by atoms with Crippen LogP contribution in [0.1, 0.15) is 23.7 Å². The molecule has 0 aromatic heterocycles. The molecule has 92 valence electrons. The van der Waals surface area contributed by atoms with E-state index in [1.165, 1.54) is 17.0 Å². The quantitative estimate of drug-likeness (QED) is 0.864. The molecule has 0 aliphatic carbocycles. The van der Waals surface area contributed by atoms with Gasteiger partial charge in [-0.15, -0.1) is 0 Å². The topological polar surface area (TPSA) is 40.5 Å². The summed E-state index contributed by atoms with van der Waals surface area (Å²) in [5, 5.41) is 9.80. The van der Waals surface area contributed by atoms with E-state index in [-0.39, 0.29) is 18.0 Å². The van der Waals surface area contributed by atoms with Crippen molar-refractivity contribution in [3.63, 3.8) is 0 Å². The first-order chi connectivity index (χ1) is 7.91. The highest BCUT2D eigenvalue weighted by atomic mass is 79.9. The fourth-order valence-corrected chi connectivity index (χ4v) is 2.49. The minimum atomic E-state index is -0.868. The van der Waals surface area contributed by atoms with Crippen LogP contribution in [0, 0.1) is 5.82 Å². The fourth-order valence-electron chi connectivity index (χ4n) is 1.98. The summed E-state index contributed by atoms with van der Waals surface area (Å²) in [6, 6.07) is 4.42. The standard InChI is InChI=1S/C12H13BrFNO2/c1-12(17)5-6-15(7-12)11(16)10-8(13)3-2-4-9(10)14/h2-4,17H,5-7H2,1H3. The summed E-state index contributed by atoms with van der Waals surface area (Å²) in [6.45, 7) is 2.37. The number of rotatable bonds is 1. The molecule has 2 rings (SSSR count). The van der Waals surface area contributed by atoms with Crippen LogP contribution >= 0.6 is 15.9 Å². The molecule has 1 N–H and O–H groups in total. The van der Waals surface area contributed by atoms with Crippen LogP contribution in [0.15, 0.2) is 22.7 Å². The Bertz CT molecular complexity index is 442. The van der Waals surface area contributed by atoms with E-state index in [2.05, 4.69) is 15.9 Å². The smallest absolute Gasteiger partial charge is 0.258 e. The highest BCUT2D eigenvalue weighted by molar-refractivity contribution is 9.10. The molecule has 1 saturated heterocycles. The molecule has 1 aromatic rings. The lowest BCUT2D eigenvalue weighted by Gasteiger charge is -2.19. The molecular formula is C12H13BrFNO2. The van der Waals surface area contributed by atoms with Crippen LogP contribution in [0.4, 0.5) is 4.39 Å². The zero-order valence-corrected chi connectivity index (χ0v) is 11.0. The van der Waals surface area contributed by atoms with Gasteiger partial charge >= 0.3 is 0 Å². The third-order valence-corrected chi connectivity index (χ3v) is 3.58. The minimum Gasteiger partial charge on any atom is -0.388 e. The summed E-state index contributed by atoms with van der Waals surface area (Å²) >= 11 is 3.17. The van der Waals surface area contributed by atoms with Gasteiger partial charge in [0, 0.05) is 17.6 Å². The summed E-state index contributed by atoms with van der Waals surface area (Å²) < 4.78 is 14.0. The first-order valence-electron chi connectivity index (χ1n) is 5.36. The molecule has 1 amide bonds. The van der Waals surface area contributed by atoms with E-state index in [0.29, 0.717) is 17.4 Å². The normalized spacial score (nSPS) is 24.1. The van der Waals surface area contributed by atoms with Gasteiger partial charge in [0.2, 0.25) is 0 Å². The van der Waals surface area contributed by atoms with E-state index in [0.717, 1.165) is 0 Å². The summed E-state index contributed by atoms with van der Waals surface area (Å²) in [5.74, 6) is -0.927. The number of benzene rings is 1. The number of hydrogen-bond donors (Lipinski definition) is 1. The number of amides is 1. The van der Waals surface area contributed by atoms with Crippen LogP contribution < -0.4 is 0 Å². The van der Waals surface area contributed by atoms with E-state index in [1.807, 2.05) is 0 Å². The molecule has 0 spiro atoms. The van der Waals surface area contributed by atoms with Crippen molar-refractivity contribution >= 4 is 21.8 Å². The van der Waals surface area contributed by atoms with Gasteiger partial charge in [-0.2, -0.15) is 0 Å². The van der Waals surface area contributed by atoms with E-state index in [1.54, 1.807) is 13.0 Å². The maximum atomic E-state index is 13.6. The van der Waals surface area contributed by atoms with Crippen molar-refractivity contribution in [2.75, 3.05) is 13.1 Å². The van der Waals surface area contributed by atoms with Gasteiger partial charge in [-0.25, -0.2) is 4.39 Å². The molecule has 1 unspecified atom stereocenters. The van der Waals surface area contributed by atoms with Crippen molar-refractivity contribution in [3.8, 4) is 0 Å². The van der Waals surface area contributed by atoms with E-state index in [4.69, 9.17) is 0 Å². The maximum Gasteiger partial charge on any atom is 0.258 e. The zero-order chi connectivity index (χ0) is 12.6.